The molecule has 0 aliphatic carbocycles. The molecule has 3 aromatic rings. The summed E-state index contributed by atoms with van der Waals surface area (Å²) in [7, 11) is 0. The largest absolute Gasteiger partial charge is 0.370 e. The molecule has 1 aliphatic rings. The van der Waals surface area contributed by atoms with Crippen molar-refractivity contribution in [2.75, 3.05) is 31.1 Å². The highest BCUT2D eigenvalue weighted by atomic mass is 35.5. The average molecular weight is 443 g/mol. The van der Waals surface area contributed by atoms with Gasteiger partial charge < -0.3 is 9.80 Å². The Labute approximate surface area is 182 Å². The molecule has 1 aliphatic heterocycles. The van der Waals surface area contributed by atoms with Gasteiger partial charge in [0.05, 0.1) is 33.0 Å². The maximum absolute atomic E-state index is 12.8. The van der Waals surface area contributed by atoms with Crippen LogP contribution in [0.4, 0.5) is 5.69 Å². The van der Waals surface area contributed by atoms with Gasteiger partial charge in [0.2, 0.25) is 5.91 Å². The maximum atomic E-state index is 12.8. The number of nitriles is 1. The summed E-state index contributed by atoms with van der Waals surface area (Å²) in [6.45, 7) is 3.13. The van der Waals surface area contributed by atoms with Crippen molar-refractivity contribution in [3.63, 3.8) is 0 Å². The molecular weight excluding hydrogens is 424 g/mol. The van der Waals surface area contributed by atoms with Gasteiger partial charge in [-0.25, -0.2) is 4.98 Å². The molecule has 0 spiro atoms. The van der Waals surface area contributed by atoms with Crippen molar-refractivity contribution in [3.8, 4) is 16.0 Å². The van der Waals surface area contributed by atoms with Gasteiger partial charge in [-0.1, -0.05) is 11.6 Å². The summed E-state index contributed by atoms with van der Waals surface area (Å²) in [4.78, 5) is 22.7. The van der Waals surface area contributed by atoms with Crippen LogP contribution in [0.2, 0.25) is 4.34 Å². The molecule has 1 saturated heterocycles. The molecule has 0 atom stereocenters. The van der Waals surface area contributed by atoms with Gasteiger partial charge in [-0.05, 0) is 42.8 Å². The molecule has 3 heterocycles. The topological polar surface area (TPSA) is 60.2 Å². The SMILES string of the molecule is N#Cc1ccc(N2CCCN(C(=O)Cc3csc(-c4ccc(Cl)s4)n3)CC2)cc1. The van der Waals surface area contributed by atoms with Crippen molar-refractivity contribution in [1.82, 2.24) is 9.88 Å². The van der Waals surface area contributed by atoms with Gasteiger partial charge in [0.15, 0.2) is 0 Å². The van der Waals surface area contributed by atoms with E-state index in [1.807, 2.05) is 46.7 Å². The summed E-state index contributed by atoms with van der Waals surface area (Å²) >= 11 is 9.05. The number of carbonyl (C=O) groups is 1. The fraction of sp³-hybridized carbons (Fsp3) is 0.286. The molecule has 0 N–H and O–H groups in total. The first-order valence-electron chi connectivity index (χ1n) is 9.35. The van der Waals surface area contributed by atoms with Crippen LogP contribution in [-0.2, 0) is 11.2 Å². The highest BCUT2D eigenvalue weighted by Crippen LogP contribution is 2.33. The molecule has 1 aromatic carbocycles. The van der Waals surface area contributed by atoms with Gasteiger partial charge in [0.1, 0.15) is 5.01 Å². The van der Waals surface area contributed by atoms with Crippen molar-refractivity contribution >= 4 is 45.9 Å². The van der Waals surface area contributed by atoms with Crippen LogP contribution in [0, 0.1) is 11.3 Å². The fourth-order valence-corrected chi connectivity index (χ4v) is 5.30. The van der Waals surface area contributed by atoms with Gasteiger partial charge in [-0.2, -0.15) is 5.26 Å². The van der Waals surface area contributed by atoms with E-state index >= 15 is 0 Å². The van der Waals surface area contributed by atoms with Crippen molar-refractivity contribution in [3.05, 3.63) is 57.4 Å². The molecule has 8 heteroatoms. The van der Waals surface area contributed by atoms with E-state index in [0.717, 1.165) is 51.7 Å². The summed E-state index contributed by atoms with van der Waals surface area (Å²) < 4.78 is 0.740. The van der Waals surface area contributed by atoms with Gasteiger partial charge in [0, 0.05) is 37.2 Å². The third-order valence-corrected chi connectivity index (χ3v) is 7.17. The number of hydrogen-bond donors (Lipinski definition) is 0. The molecule has 2 aromatic heterocycles. The molecule has 148 valence electrons. The fourth-order valence-electron chi connectivity index (χ4n) is 3.37. The number of thiophene rings is 1. The predicted molar refractivity (Wildman–Crippen MR) is 119 cm³/mol. The maximum Gasteiger partial charge on any atom is 0.228 e. The molecule has 1 fully saturated rings. The average Bonchev–Trinajstić information content (AvgIpc) is 3.30. The number of benzene rings is 1. The quantitative estimate of drug-likeness (QED) is 0.588. The Morgan fingerprint density at radius 3 is 2.69 bits per heavy atom. The van der Waals surface area contributed by atoms with Crippen LogP contribution in [-0.4, -0.2) is 42.0 Å². The number of aromatic nitrogens is 1. The second kappa shape index (κ2) is 8.95. The lowest BCUT2D eigenvalue weighted by Gasteiger charge is -2.23. The molecule has 0 unspecified atom stereocenters. The highest BCUT2D eigenvalue weighted by molar-refractivity contribution is 7.23. The molecule has 0 saturated carbocycles. The van der Waals surface area contributed by atoms with Gasteiger partial charge in [0.25, 0.3) is 0 Å². The molecule has 0 bridgehead atoms. The predicted octanol–water partition coefficient (Wildman–Crippen LogP) is 4.68. The Hall–Kier alpha value is -2.40. The van der Waals surface area contributed by atoms with Crippen LogP contribution < -0.4 is 4.90 Å². The van der Waals surface area contributed by atoms with Gasteiger partial charge in [-0.3, -0.25) is 4.79 Å². The summed E-state index contributed by atoms with van der Waals surface area (Å²) in [6, 6.07) is 13.6. The first-order valence-corrected chi connectivity index (χ1v) is 11.4. The van der Waals surface area contributed by atoms with E-state index in [-0.39, 0.29) is 5.91 Å². The van der Waals surface area contributed by atoms with E-state index in [1.165, 1.54) is 11.3 Å². The van der Waals surface area contributed by atoms with E-state index in [2.05, 4.69) is 16.0 Å². The Morgan fingerprint density at radius 1 is 1.14 bits per heavy atom. The monoisotopic (exact) mass is 442 g/mol. The minimum Gasteiger partial charge on any atom is -0.370 e. The van der Waals surface area contributed by atoms with Crippen molar-refractivity contribution in [2.24, 2.45) is 0 Å². The number of thiazole rings is 1. The summed E-state index contributed by atoms with van der Waals surface area (Å²) in [5.41, 5.74) is 2.57. The van der Waals surface area contributed by atoms with E-state index in [0.29, 0.717) is 18.5 Å². The number of anilines is 1. The third-order valence-electron chi connectivity index (χ3n) is 4.88. The Balaban J connectivity index is 1.36. The van der Waals surface area contributed by atoms with E-state index in [1.54, 1.807) is 11.3 Å². The zero-order valence-corrected chi connectivity index (χ0v) is 18.1. The molecule has 29 heavy (non-hydrogen) atoms. The van der Waals surface area contributed by atoms with Gasteiger partial charge >= 0.3 is 0 Å². The molecule has 4 rings (SSSR count). The zero-order chi connectivity index (χ0) is 20.2. The van der Waals surface area contributed by atoms with Crippen LogP contribution in [0.3, 0.4) is 0 Å². The van der Waals surface area contributed by atoms with Crippen LogP contribution >= 0.6 is 34.3 Å². The number of hydrogen-bond acceptors (Lipinski definition) is 6. The summed E-state index contributed by atoms with van der Waals surface area (Å²) in [6.07, 6.45) is 1.24. The Bertz CT molecular complexity index is 1040. The van der Waals surface area contributed by atoms with Crippen molar-refractivity contribution in [2.45, 2.75) is 12.8 Å². The van der Waals surface area contributed by atoms with Gasteiger partial charge in [-0.15, -0.1) is 22.7 Å². The van der Waals surface area contributed by atoms with E-state index in [4.69, 9.17) is 16.9 Å². The molecular formula is C21H19ClN4OS2. The zero-order valence-electron chi connectivity index (χ0n) is 15.7. The second-order valence-corrected chi connectivity index (χ2v) is 9.38. The lowest BCUT2D eigenvalue weighted by molar-refractivity contribution is -0.130. The third kappa shape index (κ3) is 4.78. The minimum atomic E-state index is 0.118. The van der Waals surface area contributed by atoms with Crippen molar-refractivity contribution in [1.29, 1.82) is 5.26 Å². The number of rotatable bonds is 4. The lowest BCUT2D eigenvalue weighted by Crippen LogP contribution is -2.36. The smallest absolute Gasteiger partial charge is 0.228 e. The lowest BCUT2D eigenvalue weighted by atomic mass is 10.2. The highest BCUT2D eigenvalue weighted by Gasteiger charge is 2.20. The standard InChI is InChI=1S/C21H19ClN4OS2/c22-19-7-6-18(29-19)21-24-16(14-28-21)12-20(27)26-9-1-8-25(10-11-26)17-4-2-15(13-23)3-5-17/h2-7,14H,1,8-12H2. The van der Waals surface area contributed by atoms with Crippen molar-refractivity contribution < 1.29 is 4.79 Å². The summed E-state index contributed by atoms with van der Waals surface area (Å²) in [5, 5.41) is 11.8. The van der Waals surface area contributed by atoms with Crippen LogP contribution in [0.15, 0.2) is 41.8 Å². The van der Waals surface area contributed by atoms with Crippen LogP contribution in [0.25, 0.3) is 9.88 Å². The number of nitrogens with zero attached hydrogens (tertiary/aromatic N) is 4. The minimum absolute atomic E-state index is 0.118. The Kier molecular flexibility index (Phi) is 6.14. The van der Waals surface area contributed by atoms with E-state index < -0.39 is 0 Å². The molecule has 1 amide bonds. The molecule has 0 radical (unpaired) electrons. The summed E-state index contributed by atoms with van der Waals surface area (Å²) in [5.74, 6) is 0.118. The van der Waals surface area contributed by atoms with Crippen LogP contribution in [0.5, 0.6) is 0 Å². The first kappa shape index (κ1) is 19.9. The second-order valence-electron chi connectivity index (χ2n) is 6.80. The molecule has 5 nitrogen and oxygen atoms in total. The normalized spacial score (nSPS) is 14.5. The number of amides is 1. The van der Waals surface area contributed by atoms with Crippen LogP contribution in [0.1, 0.15) is 17.7 Å². The first-order chi connectivity index (χ1) is 14.1. The number of carbonyl (C=O) groups excluding carboxylic acids is 1. The number of halogens is 1. The Morgan fingerprint density at radius 2 is 1.97 bits per heavy atom. The van der Waals surface area contributed by atoms with E-state index in [9.17, 15) is 4.79 Å².